The highest BCUT2D eigenvalue weighted by atomic mass is 16.1. The molecule has 2 amide bonds. The number of benzene rings is 1. The summed E-state index contributed by atoms with van der Waals surface area (Å²) in [5.74, 6) is -0.506. The molecule has 132 valence electrons. The van der Waals surface area contributed by atoms with Gasteiger partial charge in [0.25, 0.3) is 0 Å². The van der Waals surface area contributed by atoms with E-state index in [0.717, 1.165) is 49.2 Å². The van der Waals surface area contributed by atoms with Crippen LogP contribution in [0.15, 0.2) is 30.4 Å². The van der Waals surface area contributed by atoms with Gasteiger partial charge in [-0.25, -0.2) is 0 Å². The molecule has 3 N–H and O–H groups in total. The standard InChI is InChI=1S/C20H25N3O2/c1-4-18(24)22-14-6-5-9-23(11-14)17-8-7-15(20(21)25)16-10-12(2)13(3)19(16)17/h4,7-8,14H,1,5-6,9-11H2,2-3H3,(H2,21,25)(H,22,24). The van der Waals surface area contributed by atoms with E-state index in [-0.39, 0.29) is 17.9 Å². The van der Waals surface area contributed by atoms with Gasteiger partial charge >= 0.3 is 0 Å². The van der Waals surface area contributed by atoms with Crippen LogP contribution in [0.3, 0.4) is 0 Å². The van der Waals surface area contributed by atoms with Gasteiger partial charge in [-0.15, -0.1) is 0 Å². The Morgan fingerprint density at radius 3 is 2.80 bits per heavy atom. The van der Waals surface area contributed by atoms with E-state index in [4.69, 9.17) is 5.73 Å². The first kappa shape index (κ1) is 17.3. The molecular formula is C20H25N3O2. The summed E-state index contributed by atoms with van der Waals surface area (Å²) in [6.45, 7) is 9.43. The lowest BCUT2D eigenvalue weighted by atomic mass is 9.95. The quantitative estimate of drug-likeness (QED) is 0.827. The molecule has 1 aliphatic heterocycles. The maximum Gasteiger partial charge on any atom is 0.249 e. The number of nitrogens with zero attached hydrogens (tertiary/aromatic N) is 1. The highest BCUT2D eigenvalue weighted by Crippen LogP contribution is 2.41. The molecule has 1 heterocycles. The lowest BCUT2D eigenvalue weighted by Crippen LogP contribution is -2.47. The zero-order valence-corrected chi connectivity index (χ0v) is 14.9. The van der Waals surface area contributed by atoms with Crippen LogP contribution in [0.1, 0.15) is 48.2 Å². The first-order valence-electron chi connectivity index (χ1n) is 8.72. The third kappa shape index (κ3) is 3.18. The smallest absolute Gasteiger partial charge is 0.249 e. The molecule has 1 aliphatic carbocycles. The number of carbonyl (C=O) groups excluding carboxylic acids is 2. The fourth-order valence-electron chi connectivity index (χ4n) is 3.92. The van der Waals surface area contributed by atoms with E-state index in [1.807, 2.05) is 12.1 Å². The van der Waals surface area contributed by atoms with E-state index < -0.39 is 0 Å². The number of piperidine rings is 1. The zero-order valence-electron chi connectivity index (χ0n) is 14.9. The Labute approximate surface area is 148 Å². The molecule has 5 nitrogen and oxygen atoms in total. The molecule has 2 aliphatic rings. The molecule has 1 atom stereocenters. The van der Waals surface area contributed by atoms with E-state index in [1.54, 1.807) is 0 Å². The van der Waals surface area contributed by atoms with E-state index in [0.29, 0.717) is 5.56 Å². The lowest BCUT2D eigenvalue weighted by molar-refractivity contribution is -0.117. The van der Waals surface area contributed by atoms with Crippen molar-refractivity contribution >= 4 is 23.1 Å². The second-order valence-electron chi connectivity index (χ2n) is 6.93. The molecule has 0 aromatic heterocycles. The summed E-state index contributed by atoms with van der Waals surface area (Å²) in [6, 6.07) is 3.95. The van der Waals surface area contributed by atoms with Gasteiger partial charge in [-0.05, 0) is 62.5 Å². The molecule has 1 aromatic rings. The Morgan fingerprint density at radius 2 is 2.12 bits per heavy atom. The minimum absolute atomic E-state index is 0.109. The Balaban J connectivity index is 1.95. The topological polar surface area (TPSA) is 75.4 Å². The van der Waals surface area contributed by atoms with Gasteiger partial charge in [-0.2, -0.15) is 0 Å². The van der Waals surface area contributed by atoms with Crippen LogP contribution >= 0.6 is 0 Å². The molecule has 3 rings (SSSR count). The van der Waals surface area contributed by atoms with Gasteiger partial charge in [0.1, 0.15) is 0 Å². The summed E-state index contributed by atoms with van der Waals surface area (Å²) >= 11 is 0. The summed E-state index contributed by atoms with van der Waals surface area (Å²) in [5, 5.41) is 3.00. The molecule has 1 aromatic carbocycles. The minimum Gasteiger partial charge on any atom is -0.369 e. The summed E-state index contributed by atoms with van der Waals surface area (Å²) in [6.07, 6.45) is 4.06. The largest absolute Gasteiger partial charge is 0.369 e. The van der Waals surface area contributed by atoms with Crippen molar-refractivity contribution in [3.63, 3.8) is 0 Å². The van der Waals surface area contributed by atoms with E-state index in [9.17, 15) is 9.59 Å². The highest BCUT2D eigenvalue weighted by molar-refractivity contribution is 5.99. The first-order chi connectivity index (χ1) is 11.9. The SMILES string of the molecule is C=CC(=O)NC1CCCN(c2ccc(C(N)=O)c3c2C(C)=C(C)C3)C1. The fourth-order valence-corrected chi connectivity index (χ4v) is 3.92. The van der Waals surface area contributed by atoms with Crippen molar-refractivity contribution in [2.75, 3.05) is 18.0 Å². The number of primary amides is 1. The minimum atomic E-state index is -0.375. The zero-order chi connectivity index (χ0) is 18.1. The van der Waals surface area contributed by atoms with E-state index in [2.05, 4.69) is 30.6 Å². The number of hydrogen-bond donors (Lipinski definition) is 2. The Hall–Kier alpha value is -2.56. The van der Waals surface area contributed by atoms with Gasteiger partial charge < -0.3 is 16.0 Å². The average molecular weight is 339 g/mol. The number of rotatable bonds is 4. The fraction of sp³-hybridized carbons (Fsp3) is 0.400. The molecule has 1 fully saturated rings. The van der Waals surface area contributed by atoms with Gasteiger partial charge in [0.05, 0.1) is 0 Å². The van der Waals surface area contributed by atoms with Crippen LogP contribution in [0.4, 0.5) is 5.69 Å². The number of nitrogens with two attached hydrogens (primary N) is 1. The van der Waals surface area contributed by atoms with Gasteiger partial charge in [0, 0.05) is 35.9 Å². The molecule has 5 heteroatoms. The third-order valence-corrected chi connectivity index (χ3v) is 5.31. The Morgan fingerprint density at radius 1 is 1.36 bits per heavy atom. The maximum atomic E-state index is 11.8. The molecule has 25 heavy (non-hydrogen) atoms. The second kappa shape index (κ2) is 6.75. The second-order valence-corrected chi connectivity index (χ2v) is 6.93. The van der Waals surface area contributed by atoms with Gasteiger partial charge in [-0.1, -0.05) is 12.2 Å². The van der Waals surface area contributed by atoms with Crippen molar-refractivity contribution in [1.82, 2.24) is 5.32 Å². The summed E-state index contributed by atoms with van der Waals surface area (Å²) < 4.78 is 0. The van der Waals surface area contributed by atoms with Crippen LogP contribution in [0, 0.1) is 0 Å². The summed E-state index contributed by atoms with van der Waals surface area (Å²) in [5.41, 5.74) is 12.0. The number of anilines is 1. The normalized spacial score (nSPS) is 19.6. The number of hydrogen-bond acceptors (Lipinski definition) is 3. The molecule has 0 bridgehead atoms. The monoisotopic (exact) mass is 339 g/mol. The van der Waals surface area contributed by atoms with E-state index in [1.165, 1.54) is 17.2 Å². The molecule has 0 radical (unpaired) electrons. The number of carbonyl (C=O) groups is 2. The summed E-state index contributed by atoms with van der Waals surface area (Å²) in [7, 11) is 0. The van der Waals surface area contributed by atoms with Crippen LogP contribution < -0.4 is 16.0 Å². The van der Waals surface area contributed by atoms with Gasteiger partial charge in [0.15, 0.2) is 0 Å². The number of fused-ring (bicyclic) bond motifs is 1. The first-order valence-corrected chi connectivity index (χ1v) is 8.72. The van der Waals surface area contributed by atoms with E-state index >= 15 is 0 Å². The van der Waals surface area contributed by atoms with Crippen molar-refractivity contribution in [3.05, 3.63) is 47.1 Å². The van der Waals surface area contributed by atoms with Crippen LogP contribution in [-0.4, -0.2) is 30.9 Å². The molecule has 1 saturated heterocycles. The predicted octanol–water partition coefficient (Wildman–Crippen LogP) is 2.41. The average Bonchev–Trinajstić information content (AvgIpc) is 2.89. The predicted molar refractivity (Wildman–Crippen MR) is 101 cm³/mol. The summed E-state index contributed by atoms with van der Waals surface area (Å²) in [4.78, 5) is 25.7. The number of nitrogens with one attached hydrogen (secondary N) is 1. The third-order valence-electron chi connectivity index (χ3n) is 5.31. The molecule has 0 spiro atoms. The maximum absolute atomic E-state index is 11.8. The number of allylic oxidation sites excluding steroid dienone is 2. The van der Waals surface area contributed by atoms with Gasteiger partial charge in [0.2, 0.25) is 11.8 Å². The van der Waals surface area contributed by atoms with Crippen molar-refractivity contribution in [3.8, 4) is 0 Å². The van der Waals surface area contributed by atoms with Crippen molar-refractivity contribution in [2.45, 2.75) is 39.2 Å². The Kier molecular flexibility index (Phi) is 4.66. The van der Waals surface area contributed by atoms with Crippen molar-refractivity contribution in [1.29, 1.82) is 0 Å². The van der Waals surface area contributed by atoms with Crippen molar-refractivity contribution < 1.29 is 9.59 Å². The lowest BCUT2D eigenvalue weighted by Gasteiger charge is -2.36. The van der Waals surface area contributed by atoms with Crippen LogP contribution in [-0.2, 0) is 11.2 Å². The molecule has 1 unspecified atom stereocenters. The van der Waals surface area contributed by atoms with Crippen LogP contribution in [0.25, 0.3) is 5.57 Å². The van der Waals surface area contributed by atoms with Gasteiger partial charge in [-0.3, -0.25) is 9.59 Å². The van der Waals surface area contributed by atoms with Crippen LogP contribution in [0.2, 0.25) is 0 Å². The van der Waals surface area contributed by atoms with Crippen LogP contribution in [0.5, 0.6) is 0 Å². The molecular weight excluding hydrogens is 314 g/mol. The molecule has 0 saturated carbocycles. The Bertz CT molecular complexity index is 779. The number of amides is 2. The highest BCUT2D eigenvalue weighted by Gasteiger charge is 2.28. The van der Waals surface area contributed by atoms with Crippen molar-refractivity contribution in [2.24, 2.45) is 5.73 Å².